The molecule has 112 valence electrons. The number of hydrogen-bond donors (Lipinski definition) is 1. The van der Waals surface area contributed by atoms with Crippen molar-refractivity contribution in [2.75, 3.05) is 25.4 Å². The Morgan fingerprint density at radius 2 is 1.85 bits per heavy atom. The van der Waals surface area contributed by atoms with Gasteiger partial charge in [0.1, 0.15) is 0 Å². The number of nitrogens with two attached hydrogens (primary N) is 1. The quantitative estimate of drug-likeness (QED) is 0.843. The van der Waals surface area contributed by atoms with Crippen LogP contribution in [0.3, 0.4) is 0 Å². The molecule has 20 heavy (non-hydrogen) atoms. The van der Waals surface area contributed by atoms with Crippen molar-refractivity contribution in [3.05, 3.63) is 29.8 Å². The molecule has 1 fully saturated rings. The van der Waals surface area contributed by atoms with Crippen LogP contribution in [0.25, 0.3) is 0 Å². The first-order valence-electron chi connectivity index (χ1n) is 7.14. The molecule has 0 bridgehead atoms. The number of benzene rings is 1. The molecule has 2 N–H and O–H groups in total. The van der Waals surface area contributed by atoms with Gasteiger partial charge < -0.3 is 5.73 Å². The maximum Gasteiger partial charge on any atom is 0.282 e. The van der Waals surface area contributed by atoms with E-state index < -0.39 is 10.2 Å². The van der Waals surface area contributed by atoms with Crippen molar-refractivity contribution in [3.8, 4) is 0 Å². The standard InChI is InChI=1S/C14H23N3O2S/c1-2-16(12-13-8-4-5-9-14(13)15)20(18,19)17-10-6-3-7-11-17/h4-5,8-9H,2-3,6-7,10-12,15H2,1H3. The highest BCUT2D eigenvalue weighted by atomic mass is 32.2. The van der Waals surface area contributed by atoms with Crippen LogP contribution in [0, 0.1) is 0 Å². The minimum Gasteiger partial charge on any atom is -0.398 e. The van der Waals surface area contributed by atoms with Crippen LogP contribution in [0.4, 0.5) is 5.69 Å². The number of para-hydroxylation sites is 1. The van der Waals surface area contributed by atoms with Crippen molar-refractivity contribution in [2.45, 2.75) is 32.7 Å². The summed E-state index contributed by atoms with van der Waals surface area (Å²) in [6, 6.07) is 7.42. The van der Waals surface area contributed by atoms with Crippen molar-refractivity contribution in [2.24, 2.45) is 0 Å². The van der Waals surface area contributed by atoms with Crippen molar-refractivity contribution >= 4 is 15.9 Å². The molecule has 1 heterocycles. The second-order valence-electron chi connectivity index (χ2n) is 5.09. The van der Waals surface area contributed by atoms with Crippen LogP contribution in [0.5, 0.6) is 0 Å². The van der Waals surface area contributed by atoms with Crippen LogP contribution in [0.1, 0.15) is 31.7 Å². The predicted molar refractivity (Wildman–Crippen MR) is 81.3 cm³/mol. The molecule has 0 unspecified atom stereocenters. The molecule has 0 amide bonds. The van der Waals surface area contributed by atoms with E-state index in [0.717, 1.165) is 24.8 Å². The third-order valence-electron chi connectivity index (χ3n) is 3.72. The van der Waals surface area contributed by atoms with E-state index in [1.165, 1.54) is 4.31 Å². The van der Waals surface area contributed by atoms with Gasteiger partial charge in [-0.3, -0.25) is 0 Å². The van der Waals surface area contributed by atoms with E-state index in [2.05, 4.69) is 0 Å². The lowest BCUT2D eigenvalue weighted by atomic mass is 10.2. The lowest BCUT2D eigenvalue weighted by Gasteiger charge is -2.31. The van der Waals surface area contributed by atoms with E-state index in [1.54, 1.807) is 10.4 Å². The summed E-state index contributed by atoms with van der Waals surface area (Å²) in [5, 5.41) is 0. The first kappa shape index (κ1) is 15.3. The Bertz CT molecular complexity index is 539. The van der Waals surface area contributed by atoms with Crippen molar-refractivity contribution in [1.82, 2.24) is 8.61 Å². The first-order chi connectivity index (χ1) is 9.55. The van der Waals surface area contributed by atoms with Gasteiger partial charge in [-0.15, -0.1) is 0 Å². The summed E-state index contributed by atoms with van der Waals surface area (Å²) in [4.78, 5) is 0. The molecule has 2 rings (SSSR count). The molecule has 1 aliphatic heterocycles. The van der Waals surface area contributed by atoms with Crippen molar-refractivity contribution in [3.63, 3.8) is 0 Å². The Hall–Kier alpha value is -1.11. The fourth-order valence-electron chi connectivity index (χ4n) is 2.48. The highest BCUT2D eigenvalue weighted by Gasteiger charge is 2.29. The summed E-state index contributed by atoms with van der Waals surface area (Å²) in [5.74, 6) is 0. The topological polar surface area (TPSA) is 66.6 Å². The van der Waals surface area contributed by atoms with E-state index in [1.807, 2.05) is 25.1 Å². The molecule has 0 radical (unpaired) electrons. The van der Waals surface area contributed by atoms with Crippen LogP contribution < -0.4 is 5.73 Å². The Labute approximate surface area is 121 Å². The second-order valence-corrected chi connectivity index (χ2v) is 7.02. The molecule has 0 aliphatic carbocycles. The Balaban J connectivity index is 2.17. The maximum atomic E-state index is 12.6. The summed E-state index contributed by atoms with van der Waals surface area (Å²) in [7, 11) is -3.38. The van der Waals surface area contributed by atoms with Gasteiger partial charge in [0.15, 0.2) is 0 Å². The zero-order chi connectivity index (χ0) is 14.6. The van der Waals surface area contributed by atoms with Gasteiger partial charge in [-0.1, -0.05) is 31.5 Å². The summed E-state index contributed by atoms with van der Waals surface area (Å²) in [6.45, 7) is 3.90. The van der Waals surface area contributed by atoms with Gasteiger partial charge >= 0.3 is 0 Å². The van der Waals surface area contributed by atoms with Gasteiger partial charge in [-0.25, -0.2) is 0 Å². The van der Waals surface area contributed by atoms with E-state index in [0.29, 0.717) is 31.9 Å². The minimum absolute atomic E-state index is 0.335. The lowest BCUT2D eigenvalue weighted by Crippen LogP contribution is -2.45. The molecule has 0 saturated carbocycles. The number of anilines is 1. The van der Waals surface area contributed by atoms with Gasteiger partial charge in [0.2, 0.25) is 0 Å². The molecule has 0 aromatic heterocycles. The largest absolute Gasteiger partial charge is 0.398 e. The SMILES string of the molecule is CCN(Cc1ccccc1N)S(=O)(=O)N1CCCCC1. The molecule has 1 saturated heterocycles. The van der Waals surface area contributed by atoms with E-state index in [9.17, 15) is 8.42 Å². The maximum absolute atomic E-state index is 12.6. The Morgan fingerprint density at radius 3 is 2.45 bits per heavy atom. The molecule has 1 aromatic carbocycles. The zero-order valence-electron chi connectivity index (χ0n) is 12.0. The van der Waals surface area contributed by atoms with Crippen molar-refractivity contribution < 1.29 is 8.42 Å². The fourth-order valence-corrected chi connectivity index (χ4v) is 4.16. The summed E-state index contributed by atoms with van der Waals surface area (Å²) < 4.78 is 28.4. The predicted octanol–water partition coefficient (Wildman–Crippen LogP) is 1.82. The van der Waals surface area contributed by atoms with Gasteiger partial charge in [-0.05, 0) is 24.5 Å². The monoisotopic (exact) mass is 297 g/mol. The average molecular weight is 297 g/mol. The first-order valence-corrected chi connectivity index (χ1v) is 8.54. The number of piperidine rings is 1. The Morgan fingerprint density at radius 1 is 1.20 bits per heavy atom. The third-order valence-corrected chi connectivity index (χ3v) is 5.78. The average Bonchev–Trinajstić information content (AvgIpc) is 2.47. The molecule has 1 aromatic rings. The van der Waals surface area contributed by atoms with E-state index >= 15 is 0 Å². The fraction of sp³-hybridized carbons (Fsp3) is 0.571. The zero-order valence-corrected chi connectivity index (χ0v) is 12.8. The van der Waals surface area contributed by atoms with E-state index in [4.69, 9.17) is 5.73 Å². The van der Waals surface area contributed by atoms with Crippen molar-refractivity contribution in [1.29, 1.82) is 0 Å². The number of nitrogens with zero attached hydrogens (tertiary/aromatic N) is 2. The van der Waals surface area contributed by atoms with Crippen LogP contribution in [0.15, 0.2) is 24.3 Å². The Kier molecular flexibility index (Phi) is 5.01. The number of nitrogen functional groups attached to an aromatic ring is 1. The molecule has 0 atom stereocenters. The van der Waals surface area contributed by atoms with Crippen LogP contribution in [-0.4, -0.2) is 36.7 Å². The minimum atomic E-state index is -3.38. The van der Waals surface area contributed by atoms with E-state index in [-0.39, 0.29) is 0 Å². The summed E-state index contributed by atoms with van der Waals surface area (Å²) >= 11 is 0. The highest BCUT2D eigenvalue weighted by Crippen LogP contribution is 2.20. The van der Waals surface area contributed by atoms with Crippen LogP contribution >= 0.6 is 0 Å². The van der Waals surface area contributed by atoms with Gasteiger partial charge in [0, 0.05) is 31.9 Å². The number of rotatable bonds is 5. The highest BCUT2D eigenvalue weighted by molar-refractivity contribution is 7.86. The summed E-state index contributed by atoms with van der Waals surface area (Å²) in [5.41, 5.74) is 7.41. The molecular formula is C14H23N3O2S. The molecular weight excluding hydrogens is 274 g/mol. The lowest BCUT2D eigenvalue weighted by molar-refractivity contribution is 0.304. The molecule has 5 nitrogen and oxygen atoms in total. The normalized spacial score (nSPS) is 17.5. The second kappa shape index (κ2) is 6.56. The van der Waals surface area contributed by atoms with Crippen LogP contribution in [-0.2, 0) is 16.8 Å². The number of hydrogen-bond acceptors (Lipinski definition) is 3. The molecule has 0 spiro atoms. The molecule has 6 heteroatoms. The smallest absolute Gasteiger partial charge is 0.282 e. The summed E-state index contributed by atoms with van der Waals surface area (Å²) in [6.07, 6.45) is 3.01. The third kappa shape index (κ3) is 3.31. The van der Waals surface area contributed by atoms with Gasteiger partial charge in [0.05, 0.1) is 0 Å². The van der Waals surface area contributed by atoms with Crippen LogP contribution in [0.2, 0.25) is 0 Å². The van der Waals surface area contributed by atoms with Gasteiger partial charge in [-0.2, -0.15) is 17.0 Å². The molecule has 1 aliphatic rings. The van der Waals surface area contributed by atoms with Gasteiger partial charge in [0.25, 0.3) is 10.2 Å².